The van der Waals surface area contributed by atoms with Gasteiger partial charge in [0.2, 0.25) is 0 Å². The van der Waals surface area contributed by atoms with Gasteiger partial charge >= 0.3 is 0 Å². The predicted molar refractivity (Wildman–Crippen MR) is 84.0 cm³/mol. The highest BCUT2D eigenvalue weighted by Gasteiger charge is 2.24. The van der Waals surface area contributed by atoms with E-state index in [4.69, 9.17) is 19.9 Å². The molecule has 118 valence electrons. The van der Waals surface area contributed by atoms with Crippen molar-refractivity contribution >= 4 is 0 Å². The second-order valence-corrected chi connectivity index (χ2v) is 5.92. The van der Waals surface area contributed by atoms with E-state index in [9.17, 15) is 0 Å². The zero-order chi connectivity index (χ0) is 15.2. The van der Waals surface area contributed by atoms with Gasteiger partial charge in [0.15, 0.2) is 0 Å². The molecule has 4 nitrogen and oxygen atoms in total. The lowest BCUT2D eigenvalue weighted by Gasteiger charge is -2.29. The van der Waals surface area contributed by atoms with Crippen LogP contribution in [-0.2, 0) is 11.2 Å². The van der Waals surface area contributed by atoms with Gasteiger partial charge in [0, 0.05) is 25.6 Å². The van der Waals surface area contributed by atoms with Crippen LogP contribution in [0.3, 0.4) is 0 Å². The van der Waals surface area contributed by atoms with E-state index in [1.165, 1.54) is 0 Å². The van der Waals surface area contributed by atoms with Gasteiger partial charge in [-0.2, -0.15) is 0 Å². The van der Waals surface area contributed by atoms with Crippen molar-refractivity contribution in [1.29, 1.82) is 0 Å². The fraction of sp³-hybridized carbons (Fsp3) is 0.647. The fourth-order valence-corrected chi connectivity index (χ4v) is 2.89. The molecule has 0 aromatic heterocycles. The maximum Gasteiger partial charge on any atom is 0.126 e. The Morgan fingerprint density at radius 3 is 2.67 bits per heavy atom. The summed E-state index contributed by atoms with van der Waals surface area (Å²) in [5.41, 5.74) is 7.08. The Kier molecular flexibility index (Phi) is 5.88. The molecule has 2 N–H and O–H groups in total. The summed E-state index contributed by atoms with van der Waals surface area (Å²) < 4.78 is 17.0. The van der Waals surface area contributed by atoms with Crippen molar-refractivity contribution in [3.05, 3.63) is 23.8 Å². The Balaban J connectivity index is 2.12. The molecule has 21 heavy (non-hydrogen) atoms. The van der Waals surface area contributed by atoms with Gasteiger partial charge in [-0.15, -0.1) is 0 Å². The van der Waals surface area contributed by atoms with Crippen molar-refractivity contribution in [3.8, 4) is 11.5 Å². The summed E-state index contributed by atoms with van der Waals surface area (Å²) in [4.78, 5) is 0. The highest BCUT2D eigenvalue weighted by atomic mass is 16.5. The topological polar surface area (TPSA) is 53.7 Å². The quantitative estimate of drug-likeness (QED) is 0.876. The second kappa shape index (κ2) is 7.66. The van der Waals surface area contributed by atoms with Crippen LogP contribution in [-0.4, -0.2) is 32.5 Å². The molecule has 1 aromatic rings. The second-order valence-electron chi connectivity index (χ2n) is 5.92. The first-order valence-corrected chi connectivity index (χ1v) is 7.74. The number of benzene rings is 1. The van der Waals surface area contributed by atoms with Crippen LogP contribution in [0.5, 0.6) is 11.5 Å². The minimum Gasteiger partial charge on any atom is -0.497 e. The van der Waals surface area contributed by atoms with Gasteiger partial charge in [-0.05, 0) is 44.2 Å². The van der Waals surface area contributed by atoms with Crippen LogP contribution >= 0.6 is 0 Å². The predicted octanol–water partition coefficient (Wildman–Crippen LogP) is 2.92. The van der Waals surface area contributed by atoms with E-state index < -0.39 is 0 Å². The Bertz CT molecular complexity index is 448. The van der Waals surface area contributed by atoms with Gasteiger partial charge in [0.25, 0.3) is 0 Å². The molecule has 0 amide bonds. The SMILES string of the molecule is COc1ccc(CC(C)N)c(OC2CCCC(OC)C2)c1. The highest BCUT2D eigenvalue weighted by molar-refractivity contribution is 5.41. The van der Waals surface area contributed by atoms with Crippen molar-refractivity contribution in [2.45, 2.75) is 57.3 Å². The molecule has 4 heteroatoms. The summed E-state index contributed by atoms with van der Waals surface area (Å²) in [7, 11) is 3.45. The van der Waals surface area contributed by atoms with Gasteiger partial charge in [-0.1, -0.05) is 6.07 Å². The van der Waals surface area contributed by atoms with Gasteiger partial charge in [-0.3, -0.25) is 0 Å². The first-order chi connectivity index (χ1) is 10.1. The van der Waals surface area contributed by atoms with E-state index in [2.05, 4.69) is 0 Å². The molecule has 1 saturated carbocycles. The molecule has 0 heterocycles. The summed E-state index contributed by atoms with van der Waals surface area (Å²) in [6.07, 6.45) is 5.63. The maximum absolute atomic E-state index is 6.25. The van der Waals surface area contributed by atoms with E-state index in [0.717, 1.165) is 49.2 Å². The zero-order valence-corrected chi connectivity index (χ0v) is 13.3. The number of methoxy groups -OCH3 is 2. The van der Waals surface area contributed by atoms with Gasteiger partial charge in [0.1, 0.15) is 17.6 Å². The van der Waals surface area contributed by atoms with E-state index in [-0.39, 0.29) is 12.1 Å². The fourth-order valence-electron chi connectivity index (χ4n) is 2.89. The summed E-state index contributed by atoms with van der Waals surface area (Å²) in [5.74, 6) is 1.71. The maximum atomic E-state index is 6.25. The third-order valence-corrected chi connectivity index (χ3v) is 4.02. The van der Waals surface area contributed by atoms with Crippen molar-refractivity contribution in [2.75, 3.05) is 14.2 Å². The molecule has 0 radical (unpaired) electrons. The number of hydrogen-bond donors (Lipinski definition) is 1. The van der Waals surface area contributed by atoms with E-state index in [1.54, 1.807) is 14.2 Å². The van der Waals surface area contributed by atoms with Crippen LogP contribution in [0.4, 0.5) is 0 Å². The molecule has 2 rings (SSSR count). The third-order valence-electron chi connectivity index (χ3n) is 4.02. The number of hydrogen-bond acceptors (Lipinski definition) is 4. The van der Waals surface area contributed by atoms with Crippen molar-refractivity contribution < 1.29 is 14.2 Å². The van der Waals surface area contributed by atoms with Crippen LogP contribution in [0.1, 0.15) is 38.2 Å². The van der Waals surface area contributed by atoms with Crippen LogP contribution in [0, 0.1) is 0 Å². The van der Waals surface area contributed by atoms with Crippen molar-refractivity contribution in [3.63, 3.8) is 0 Å². The minimum absolute atomic E-state index is 0.110. The summed E-state index contributed by atoms with van der Waals surface area (Å²) in [6.45, 7) is 2.01. The van der Waals surface area contributed by atoms with Crippen molar-refractivity contribution in [1.82, 2.24) is 0 Å². The van der Waals surface area contributed by atoms with E-state index in [0.29, 0.717) is 6.10 Å². The van der Waals surface area contributed by atoms with E-state index in [1.807, 2.05) is 25.1 Å². The normalized spacial score (nSPS) is 23.6. The standard InChI is InChI=1S/C17H27NO3/c1-12(18)9-13-7-8-15(20-3)11-17(13)21-16-6-4-5-14(10-16)19-2/h7-8,11-12,14,16H,4-6,9-10,18H2,1-3H3. The highest BCUT2D eigenvalue weighted by Crippen LogP contribution is 2.30. The van der Waals surface area contributed by atoms with Crippen LogP contribution < -0.4 is 15.2 Å². The van der Waals surface area contributed by atoms with Gasteiger partial charge in [0.05, 0.1) is 13.2 Å². The van der Waals surface area contributed by atoms with Crippen LogP contribution in [0.2, 0.25) is 0 Å². The molecule has 0 saturated heterocycles. The molecular formula is C17H27NO3. The summed E-state index contributed by atoms with van der Waals surface area (Å²) >= 11 is 0. The molecule has 1 fully saturated rings. The lowest BCUT2D eigenvalue weighted by atomic mass is 9.94. The largest absolute Gasteiger partial charge is 0.497 e. The van der Waals surface area contributed by atoms with Crippen LogP contribution in [0.25, 0.3) is 0 Å². The Labute approximate surface area is 127 Å². The average Bonchev–Trinajstić information content (AvgIpc) is 2.48. The molecule has 1 aromatic carbocycles. The minimum atomic E-state index is 0.110. The molecule has 1 aliphatic rings. The summed E-state index contributed by atoms with van der Waals surface area (Å²) in [6, 6.07) is 6.09. The number of rotatable bonds is 6. The van der Waals surface area contributed by atoms with E-state index >= 15 is 0 Å². The lowest BCUT2D eigenvalue weighted by Crippen LogP contribution is -2.30. The Morgan fingerprint density at radius 1 is 1.24 bits per heavy atom. The lowest BCUT2D eigenvalue weighted by molar-refractivity contribution is 0.0206. The molecular weight excluding hydrogens is 266 g/mol. The molecule has 3 atom stereocenters. The first-order valence-electron chi connectivity index (χ1n) is 7.74. The number of ether oxygens (including phenoxy) is 3. The zero-order valence-electron chi connectivity index (χ0n) is 13.3. The molecule has 1 aliphatic carbocycles. The molecule has 0 spiro atoms. The Hall–Kier alpha value is -1.26. The smallest absolute Gasteiger partial charge is 0.126 e. The Morgan fingerprint density at radius 2 is 2.00 bits per heavy atom. The first kappa shape index (κ1) is 16.1. The molecule has 0 aliphatic heterocycles. The average molecular weight is 293 g/mol. The molecule has 0 bridgehead atoms. The van der Waals surface area contributed by atoms with Crippen LogP contribution in [0.15, 0.2) is 18.2 Å². The third kappa shape index (κ3) is 4.61. The molecule has 3 unspecified atom stereocenters. The summed E-state index contributed by atoms with van der Waals surface area (Å²) in [5, 5.41) is 0. The number of nitrogens with two attached hydrogens (primary N) is 1. The van der Waals surface area contributed by atoms with Gasteiger partial charge < -0.3 is 19.9 Å². The monoisotopic (exact) mass is 293 g/mol. The van der Waals surface area contributed by atoms with Crippen molar-refractivity contribution in [2.24, 2.45) is 5.73 Å². The van der Waals surface area contributed by atoms with Gasteiger partial charge in [-0.25, -0.2) is 0 Å².